The van der Waals surface area contributed by atoms with Gasteiger partial charge in [-0.3, -0.25) is 0 Å². The zero-order valence-corrected chi connectivity index (χ0v) is 17.7. The van der Waals surface area contributed by atoms with Crippen molar-refractivity contribution >= 4 is 6.03 Å². The maximum atomic E-state index is 13.6. The van der Waals surface area contributed by atoms with Crippen molar-refractivity contribution < 1.29 is 40.6 Å². The van der Waals surface area contributed by atoms with Crippen molar-refractivity contribution in [2.75, 3.05) is 13.1 Å². The first-order valence-electron chi connectivity index (χ1n) is 10.1. The summed E-state index contributed by atoms with van der Waals surface area (Å²) >= 11 is 0. The minimum atomic E-state index is -4.90. The molecular weight excluding hydrogens is 454 g/mol. The number of halogens is 6. The van der Waals surface area contributed by atoms with Gasteiger partial charge in [0.05, 0.1) is 24.8 Å². The molecule has 2 amide bonds. The lowest BCUT2D eigenvalue weighted by atomic mass is 9.95. The van der Waals surface area contributed by atoms with Crippen molar-refractivity contribution in [1.82, 2.24) is 10.2 Å². The molecule has 1 aliphatic heterocycles. The number of benzene rings is 2. The Kier molecular flexibility index (Phi) is 7.11. The third kappa shape index (κ3) is 6.53. The molecule has 2 aromatic carbocycles. The molecule has 1 unspecified atom stereocenters. The number of hydrogen-bond acceptors (Lipinski definition) is 3. The van der Waals surface area contributed by atoms with Crippen molar-refractivity contribution in [3.05, 3.63) is 65.2 Å². The molecule has 0 saturated carbocycles. The van der Waals surface area contributed by atoms with Crippen LogP contribution in [0.3, 0.4) is 0 Å². The lowest BCUT2D eigenvalue weighted by molar-refractivity contribution is -0.274. The van der Waals surface area contributed by atoms with E-state index in [0.717, 1.165) is 18.2 Å². The molecule has 33 heavy (non-hydrogen) atoms. The molecule has 1 heterocycles. The Bertz CT molecular complexity index is 954. The van der Waals surface area contributed by atoms with Crippen LogP contribution in [-0.4, -0.2) is 42.5 Å². The summed E-state index contributed by atoms with van der Waals surface area (Å²) in [6, 6.07) is 8.91. The summed E-state index contributed by atoms with van der Waals surface area (Å²) < 4.78 is 88.0. The monoisotopic (exact) mass is 476 g/mol. The molecule has 0 aromatic heterocycles. The first-order valence-corrected chi connectivity index (χ1v) is 10.1. The van der Waals surface area contributed by atoms with Gasteiger partial charge in [0.2, 0.25) is 0 Å². The van der Waals surface area contributed by atoms with Crippen molar-refractivity contribution in [3.63, 3.8) is 0 Å². The van der Waals surface area contributed by atoms with Crippen LogP contribution in [0.4, 0.5) is 31.1 Å². The minimum absolute atomic E-state index is 0.0821. The van der Waals surface area contributed by atoms with Crippen molar-refractivity contribution in [1.29, 1.82) is 0 Å². The molecule has 3 rings (SSSR count). The molecule has 1 aliphatic rings. The van der Waals surface area contributed by atoms with Gasteiger partial charge in [0, 0.05) is 6.04 Å². The van der Waals surface area contributed by atoms with Gasteiger partial charge in [0.25, 0.3) is 0 Å². The first-order chi connectivity index (χ1) is 15.3. The second-order valence-corrected chi connectivity index (χ2v) is 7.85. The molecule has 1 saturated heterocycles. The number of amides is 2. The van der Waals surface area contributed by atoms with E-state index in [1.165, 1.54) is 35.2 Å². The number of hydrogen-bond donors (Lipinski definition) is 1. The summed E-state index contributed by atoms with van der Waals surface area (Å²) in [7, 11) is 0. The van der Waals surface area contributed by atoms with Crippen LogP contribution in [-0.2, 0) is 10.9 Å². The predicted molar refractivity (Wildman–Crippen MR) is 107 cm³/mol. The normalized spacial score (nSPS) is 15.8. The maximum absolute atomic E-state index is 13.6. The molecule has 1 fully saturated rings. The van der Waals surface area contributed by atoms with Gasteiger partial charge in [-0.05, 0) is 43.2 Å². The van der Waals surface area contributed by atoms with Crippen LogP contribution in [0.25, 0.3) is 0 Å². The van der Waals surface area contributed by atoms with E-state index in [4.69, 9.17) is 4.74 Å². The van der Waals surface area contributed by atoms with Gasteiger partial charge in [-0.2, -0.15) is 13.2 Å². The minimum Gasteiger partial charge on any atom is -0.406 e. The zero-order valence-electron chi connectivity index (χ0n) is 17.7. The molecule has 1 atom stereocenters. The van der Waals surface area contributed by atoms with Gasteiger partial charge >= 0.3 is 18.6 Å². The largest absolute Gasteiger partial charge is 0.573 e. The average molecular weight is 476 g/mol. The number of carbonyl (C=O) groups excluding carboxylic acids is 1. The zero-order chi connectivity index (χ0) is 24.4. The molecule has 0 bridgehead atoms. The first kappa shape index (κ1) is 24.7. The smallest absolute Gasteiger partial charge is 0.406 e. The van der Waals surface area contributed by atoms with Gasteiger partial charge in [0.15, 0.2) is 0 Å². The molecule has 180 valence electrons. The van der Waals surface area contributed by atoms with E-state index in [9.17, 15) is 31.1 Å². The van der Waals surface area contributed by atoms with E-state index in [0.29, 0.717) is 0 Å². The van der Waals surface area contributed by atoms with E-state index < -0.39 is 36.1 Å². The van der Waals surface area contributed by atoms with E-state index in [1.807, 2.05) is 0 Å². The van der Waals surface area contributed by atoms with Crippen LogP contribution >= 0.6 is 0 Å². The molecule has 1 N–H and O–H groups in total. The number of carbonyl (C=O) groups is 1. The fourth-order valence-corrected chi connectivity index (χ4v) is 3.38. The Balaban J connectivity index is 1.86. The number of likely N-dealkylation sites (tertiary alicyclic amines) is 1. The SMILES string of the molecule is CC(C)NC(=O)N1CC(OC(c2ccc(OC(F)(F)F)cc2)c2ccccc2C(F)(F)F)C1. The van der Waals surface area contributed by atoms with E-state index >= 15 is 0 Å². The highest BCUT2D eigenvalue weighted by atomic mass is 19.4. The molecule has 11 heteroatoms. The molecule has 0 spiro atoms. The van der Waals surface area contributed by atoms with Crippen LogP contribution in [0.5, 0.6) is 5.75 Å². The Morgan fingerprint density at radius 3 is 2.15 bits per heavy atom. The lowest BCUT2D eigenvalue weighted by Gasteiger charge is -2.41. The second-order valence-electron chi connectivity index (χ2n) is 7.85. The van der Waals surface area contributed by atoms with Gasteiger partial charge in [-0.15, -0.1) is 13.2 Å². The number of alkyl halides is 6. The Labute approximate surface area is 186 Å². The quantitative estimate of drug-likeness (QED) is 0.560. The van der Waals surface area contributed by atoms with E-state index in [2.05, 4.69) is 10.1 Å². The number of nitrogens with zero attached hydrogens (tertiary/aromatic N) is 1. The standard InChI is InChI=1S/C22H22F6N2O3/c1-13(2)29-20(31)30-11-16(12-30)32-19(17-5-3-4-6-18(17)21(23,24)25)14-7-9-15(10-8-14)33-22(26,27)28/h3-10,13,16,19H,11-12H2,1-2H3,(H,29,31). The van der Waals surface area contributed by atoms with Crippen LogP contribution in [0.15, 0.2) is 48.5 Å². The molecule has 0 aliphatic carbocycles. The van der Waals surface area contributed by atoms with Gasteiger partial charge in [-0.1, -0.05) is 30.3 Å². The number of urea groups is 1. The van der Waals surface area contributed by atoms with E-state index in [1.54, 1.807) is 13.8 Å². The van der Waals surface area contributed by atoms with E-state index in [-0.39, 0.29) is 36.3 Å². The van der Waals surface area contributed by atoms with Crippen LogP contribution < -0.4 is 10.1 Å². The molecule has 5 nitrogen and oxygen atoms in total. The van der Waals surface area contributed by atoms with Gasteiger partial charge in [-0.25, -0.2) is 4.79 Å². The number of ether oxygens (including phenoxy) is 2. The predicted octanol–water partition coefficient (Wildman–Crippen LogP) is 5.51. The van der Waals surface area contributed by atoms with Crippen molar-refractivity contribution in [2.45, 2.75) is 44.6 Å². The Morgan fingerprint density at radius 2 is 1.61 bits per heavy atom. The third-order valence-electron chi connectivity index (χ3n) is 4.84. The fourth-order valence-electron chi connectivity index (χ4n) is 3.38. The summed E-state index contributed by atoms with van der Waals surface area (Å²) in [6.45, 7) is 3.92. The Morgan fingerprint density at radius 1 is 1.00 bits per heavy atom. The summed E-state index contributed by atoms with van der Waals surface area (Å²) in [6.07, 6.45) is -11.3. The van der Waals surface area contributed by atoms with Crippen LogP contribution in [0, 0.1) is 0 Å². The average Bonchev–Trinajstić information content (AvgIpc) is 2.65. The van der Waals surface area contributed by atoms with Crippen molar-refractivity contribution in [2.24, 2.45) is 0 Å². The third-order valence-corrected chi connectivity index (χ3v) is 4.84. The Hall–Kier alpha value is -2.95. The summed E-state index contributed by atoms with van der Waals surface area (Å²) in [5.74, 6) is -0.505. The highest BCUT2D eigenvalue weighted by Gasteiger charge is 2.39. The summed E-state index contributed by atoms with van der Waals surface area (Å²) in [5, 5.41) is 2.71. The summed E-state index contributed by atoms with van der Waals surface area (Å²) in [4.78, 5) is 13.5. The maximum Gasteiger partial charge on any atom is 0.573 e. The molecule has 0 radical (unpaired) electrons. The number of rotatable bonds is 6. The highest BCUT2D eigenvalue weighted by molar-refractivity contribution is 5.75. The molecular formula is C22H22F6N2O3. The summed E-state index contributed by atoms with van der Waals surface area (Å²) in [5.41, 5.74) is -0.884. The lowest BCUT2D eigenvalue weighted by Crippen LogP contribution is -2.58. The highest BCUT2D eigenvalue weighted by Crippen LogP contribution is 2.39. The van der Waals surface area contributed by atoms with Crippen LogP contribution in [0.2, 0.25) is 0 Å². The van der Waals surface area contributed by atoms with Gasteiger partial charge < -0.3 is 19.7 Å². The topological polar surface area (TPSA) is 50.8 Å². The van der Waals surface area contributed by atoms with Crippen molar-refractivity contribution in [3.8, 4) is 5.75 Å². The number of nitrogens with one attached hydrogen (secondary N) is 1. The van der Waals surface area contributed by atoms with Gasteiger partial charge in [0.1, 0.15) is 11.9 Å². The molecule has 2 aromatic rings. The fraction of sp³-hybridized carbons (Fsp3) is 0.409. The second kappa shape index (κ2) is 9.50. The van der Waals surface area contributed by atoms with Crippen LogP contribution in [0.1, 0.15) is 36.6 Å².